The highest BCUT2D eigenvalue weighted by Crippen LogP contribution is 2.48. The molecule has 1 fully saturated rings. The number of benzene rings is 1. The first-order chi connectivity index (χ1) is 8.10. The third kappa shape index (κ3) is 2.09. The third-order valence-corrected chi connectivity index (χ3v) is 4.15. The zero-order chi connectivity index (χ0) is 12.5. The molecular formula is C13H18ClNO2. The largest absolute Gasteiger partial charge is 0.504 e. The molecule has 94 valence electrons. The number of phenols is 2. The fourth-order valence-electron chi connectivity index (χ4n) is 2.84. The highest BCUT2D eigenvalue weighted by atomic mass is 35.5. The van der Waals surface area contributed by atoms with Crippen LogP contribution in [0.5, 0.6) is 11.5 Å². The van der Waals surface area contributed by atoms with Crippen LogP contribution in [-0.2, 0) is 5.41 Å². The minimum atomic E-state index is -0.280. The molecule has 2 rings (SSSR count). The van der Waals surface area contributed by atoms with Crippen LogP contribution in [0, 0.1) is 0 Å². The third-order valence-electron chi connectivity index (χ3n) is 3.84. The van der Waals surface area contributed by atoms with Crippen LogP contribution in [0.3, 0.4) is 0 Å². The molecule has 1 aliphatic carbocycles. The molecule has 0 spiro atoms. The zero-order valence-corrected chi connectivity index (χ0v) is 10.5. The molecule has 0 amide bonds. The average Bonchev–Trinajstić information content (AvgIpc) is 2.35. The normalized spacial score (nSPS) is 19.2. The van der Waals surface area contributed by atoms with Crippen LogP contribution in [0.1, 0.15) is 37.7 Å². The van der Waals surface area contributed by atoms with E-state index in [4.69, 9.17) is 17.3 Å². The van der Waals surface area contributed by atoms with Crippen molar-refractivity contribution in [2.45, 2.75) is 37.5 Å². The van der Waals surface area contributed by atoms with Gasteiger partial charge in [-0.15, -0.1) is 0 Å². The number of hydrogen-bond acceptors (Lipinski definition) is 3. The molecule has 17 heavy (non-hydrogen) atoms. The minimum Gasteiger partial charge on any atom is -0.504 e. The Labute approximate surface area is 106 Å². The summed E-state index contributed by atoms with van der Waals surface area (Å²) in [6.45, 7) is 0.448. The van der Waals surface area contributed by atoms with E-state index in [1.54, 1.807) is 6.07 Å². The summed E-state index contributed by atoms with van der Waals surface area (Å²) in [7, 11) is 0. The highest BCUT2D eigenvalue weighted by Gasteiger charge is 2.37. The van der Waals surface area contributed by atoms with Gasteiger partial charge in [0, 0.05) is 22.5 Å². The van der Waals surface area contributed by atoms with E-state index in [9.17, 15) is 10.2 Å². The maximum Gasteiger partial charge on any atom is 0.162 e. The Hall–Kier alpha value is -0.930. The van der Waals surface area contributed by atoms with E-state index in [2.05, 4.69) is 0 Å². The number of phenolic OH excluding ortho intramolecular Hbond substituents is 2. The van der Waals surface area contributed by atoms with Crippen molar-refractivity contribution in [3.05, 3.63) is 22.7 Å². The Bertz CT molecular complexity index is 414. The maximum atomic E-state index is 10.0. The Morgan fingerprint density at radius 1 is 1.18 bits per heavy atom. The van der Waals surface area contributed by atoms with E-state index in [0.29, 0.717) is 17.1 Å². The Balaban J connectivity index is 2.53. The maximum absolute atomic E-state index is 10.0. The van der Waals surface area contributed by atoms with Gasteiger partial charge in [0.15, 0.2) is 11.5 Å². The van der Waals surface area contributed by atoms with E-state index >= 15 is 0 Å². The number of aromatic hydroxyl groups is 2. The number of halogens is 1. The lowest BCUT2D eigenvalue weighted by Gasteiger charge is -2.37. The van der Waals surface area contributed by atoms with Gasteiger partial charge in [-0.1, -0.05) is 30.9 Å². The molecule has 0 aromatic heterocycles. The second-order valence-corrected chi connectivity index (χ2v) is 5.24. The van der Waals surface area contributed by atoms with Gasteiger partial charge in [0.25, 0.3) is 0 Å². The lowest BCUT2D eigenvalue weighted by atomic mass is 9.69. The first-order valence-corrected chi connectivity index (χ1v) is 6.39. The van der Waals surface area contributed by atoms with Gasteiger partial charge in [0.05, 0.1) is 0 Å². The van der Waals surface area contributed by atoms with Crippen LogP contribution in [0.15, 0.2) is 12.1 Å². The van der Waals surface area contributed by atoms with Gasteiger partial charge < -0.3 is 15.9 Å². The second-order valence-electron chi connectivity index (χ2n) is 4.84. The molecule has 0 atom stereocenters. The van der Waals surface area contributed by atoms with Crippen molar-refractivity contribution in [3.8, 4) is 11.5 Å². The van der Waals surface area contributed by atoms with Gasteiger partial charge in [-0.05, 0) is 25.0 Å². The summed E-state index contributed by atoms with van der Waals surface area (Å²) in [5, 5.41) is 20.1. The van der Waals surface area contributed by atoms with Crippen LogP contribution in [0.25, 0.3) is 0 Å². The molecule has 1 aromatic carbocycles. The number of nitrogens with two attached hydrogens (primary N) is 1. The molecule has 0 bridgehead atoms. The van der Waals surface area contributed by atoms with Crippen LogP contribution in [0.4, 0.5) is 0 Å². The first kappa shape index (κ1) is 12.5. The van der Waals surface area contributed by atoms with E-state index in [-0.39, 0.29) is 16.9 Å². The van der Waals surface area contributed by atoms with E-state index in [1.165, 1.54) is 12.5 Å². The standard InChI is InChI=1S/C13H18ClNO2/c14-9-4-5-10(16)12(17)11(9)13(8-15)6-2-1-3-7-13/h4-5,16-17H,1-3,6-8,15H2. The molecule has 1 aliphatic rings. The van der Waals surface area contributed by atoms with E-state index in [0.717, 1.165) is 25.7 Å². The summed E-state index contributed by atoms with van der Waals surface area (Å²) < 4.78 is 0. The van der Waals surface area contributed by atoms with Gasteiger partial charge in [0.2, 0.25) is 0 Å². The van der Waals surface area contributed by atoms with Gasteiger partial charge in [-0.2, -0.15) is 0 Å². The first-order valence-electron chi connectivity index (χ1n) is 6.02. The molecule has 0 unspecified atom stereocenters. The fraction of sp³-hybridized carbons (Fsp3) is 0.538. The van der Waals surface area contributed by atoms with Gasteiger partial charge >= 0.3 is 0 Å². The lowest BCUT2D eigenvalue weighted by Crippen LogP contribution is -2.37. The fourth-order valence-corrected chi connectivity index (χ4v) is 3.20. The smallest absolute Gasteiger partial charge is 0.162 e. The van der Waals surface area contributed by atoms with Crippen molar-refractivity contribution < 1.29 is 10.2 Å². The minimum absolute atomic E-state index is 0.107. The summed E-state index contributed by atoms with van der Waals surface area (Å²) in [5.74, 6) is -0.229. The van der Waals surface area contributed by atoms with Crippen molar-refractivity contribution >= 4 is 11.6 Å². The van der Waals surface area contributed by atoms with Crippen LogP contribution in [0.2, 0.25) is 5.02 Å². The predicted molar refractivity (Wildman–Crippen MR) is 68.6 cm³/mol. The highest BCUT2D eigenvalue weighted by molar-refractivity contribution is 6.31. The zero-order valence-electron chi connectivity index (χ0n) is 9.75. The van der Waals surface area contributed by atoms with Crippen molar-refractivity contribution in [1.29, 1.82) is 0 Å². The quantitative estimate of drug-likeness (QED) is 0.712. The molecule has 0 aliphatic heterocycles. The molecule has 3 nitrogen and oxygen atoms in total. The summed E-state index contributed by atoms with van der Waals surface area (Å²) in [4.78, 5) is 0. The predicted octanol–water partition coefficient (Wildman–Crippen LogP) is 2.91. The molecule has 1 saturated carbocycles. The van der Waals surface area contributed by atoms with Gasteiger partial charge in [-0.3, -0.25) is 0 Å². The van der Waals surface area contributed by atoms with Gasteiger partial charge in [-0.25, -0.2) is 0 Å². The summed E-state index contributed by atoms with van der Waals surface area (Å²) in [5.41, 5.74) is 6.25. The molecule has 1 aromatic rings. The van der Waals surface area contributed by atoms with Crippen molar-refractivity contribution in [2.24, 2.45) is 5.73 Å². The molecule has 4 N–H and O–H groups in total. The van der Waals surface area contributed by atoms with E-state index in [1.807, 2.05) is 0 Å². The van der Waals surface area contributed by atoms with Crippen LogP contribution < -0.4 is 5.73 Å². The number of rotatable bonds is 2. The monoisotopic (exact) mass is 255 g/mol. The van der Waals surface area contributed by atoms with Crippen LogP contribution in [-0.4, -0.2) is 16.8 Å². The van der Waals surface area contributed by atoms with Crippen molar-refractivity contribution in [1.82, 2.24) is 0 Å². The number of hydrogen-bond donors (Lipinski definition) is 3. The summed E-state index contributed by atoms with van der Waals surface area (Å²) in [6, 6.07) is 3.03. The summed E-state index contributed by atoms with van der Waals surface area (Å²) >= 11 is 6.18. The molecule has 4 heteroatoms. The topological polar surface area (TPSA) is 66.5 Å². The molecular weight excluding hydrogens is 238 g/mol. The van der Waals surface area contributed by atoms with Crippen LogP contribution >= 0.6 is 11.6 Å². The average molecular weight is 256 g/mol. The molecule has 0 heterocycles. The molecule has 0 radical (unpaired) electrons. The van der Waals surface area contributed by atoms with Crippen molar-refractivity contribution in [3.63, 3.8) is 0 Å². The van der Waals surface area contributed by atoms with Gasteiger partial charge in [0.1, 0.15) is 0 Å². The van der Waals surface area contributed by atoms with Crippen molar-refractivity contribution in [2.75, 3.05) is 6.54 Å². The lowest BCUT2D eigenvalue weighted by molar-refractivity contribution is 0.287. The Morgan fingerprint density at radius 3 is 2.41 bits per heavy atom. The summed E-state index contributed by atoms with van der Waals surface area (Å²) in [6.07, 6.45) is 5.20. The molecule has 0 saturated heterocycles. The SMILES string of the molecule is NCC1(c2c(Cl)ccc(O)c2O)CCCCC1. The Morgan fingerprint density at radius 2 is 1.82 bits per heavy atom. The van der Waals surface area contributed by atoms with E-state index < -0.39 is 0 Å². The Kier molecular flexibility index (Phi) is 3.50. The second kappa shape index (κ2) is 4.75.